The van der Waals surface area contributed by atoms with Crippen molar-refractivity contribution in [3.8, 4) is 5.75 Å². The first-order valence-corrected chi connectivity index (χ1v) is 10.8. The lowest BCUT2D eigenvalue weighted by Gasteiger charge is -2.12. The molecule has 0 spiro atoms. The van der Waals surface area contributed by atoms with Crippen LogP contribution in [0.2, 0.25) is 0 Å². The van der Waals surface area contributed by atoms with Gasteiger partial charge in [0.2, 0.25) is 10.0 Å². The molecule has 0 bridgehead atoms. The molecule has 1 aliphatic rings. The van der Waals surface area contributed by atoms with Gasteiger partial charge in [0.05, 0.1) is 17.9 Å². The zero-order chi connectivity index (χ0) is 20.3. The largest absolute Gasteiger partial charge is 0.497 e. The molecule has 0 aliphatic heterocycles. The number of carboxylic acid groups (broad SMARTS) is 1. The number of benzene rings is 2. The smallest absolute Gasteiger partial charge is 0.310 e. The highest BCUT2D eigenvalue weighted by Crippen LogP contribution is 2.31. The minimum Gasteiger partial charge on any atom is -0.497 e. The van der Waals surface area contributed by atoms with Crippen LogP contribution in [0.15, 0.2) is 47.4 Å². The van der Waals surface area contributed by atoms with Crippen molar-refractivity contribution in [2.45, 2.75) is 37.0 Å². The highest BCUT2D eigenvalue weighted by Gasteiger charge is 2.26. The first-order valence-electron chi connectivity index (χ1n) is 9.32. The van der Waals surface area contributed by atoms with Gasteiger partial charge in [-0.25, -0.2) is 13.1 Å². The molecule has 6 nitrogen and oxygen atoms in total. The van der Waals surface area contributed by atoms with Gasteiger partial charge < -0.3 is 9.84 Å². The maximum atomic E-state index is 12.5. The Morgan fingerprint density at radius 2 is 1.86 bits per heavy atom. The summed E-state index contributed by atoms with van der Waals surface area (Å²) in [7, 11) is -2.05. The molecule has 0 saturated carbocycles. The molecule has 28 heavy (non-hydrogen) atoms. The molecule has 0 radical (unpaired) electrons. The van der Waals surface area contributed by atoms with Gasteiger partial charge >= 0.3 is 5.97 Å². The van der Waals surface area contributed by atoms with Crippen LogP contribution in [0.3, 0.4) is 0 Å². The van der Waals surface area contributed by atoms with Crippen LogP contribution < -0.4 is 9.46 Å². The number of rotatable bonds is 8. The van der Waals surface area contributed by atoms with Crippen molar-refractivity contribution in [3.63, 3.8) is 0 Å². The van der Waals surface area contributed by atoms with Gasteiger partial charge in [-0.15, -0.1) is 0 Å². The van der Waals surface area contributed by atoms with E-state index in [-0.39, 0.29) is 10.8 Å². The molecule has 0 aromatic heterocycles. The zero-order valence-corrected chi connectivity index (χ0v) is 16.8. The summed E-state index contributed by atoms with van der Waals surface area (Å²) < 4.78 is 32.8. The summed E-state index contributed by atoms with van der Waals surface area (Å²) in [5.74, 6) is -0.557. The Bertz CT molecular complexity index is 953. The fourth-order valence-electron chi connectivity index (χ4n) is 3.71. The van der Waals surface area contributed by atoms with Crippen molar-refractivity contribution < 1.29 is 23.1 Å². The molecule has 7 heteroatoms. The predicted octanol–water partition coefficient (Wildman–Crippen LogP) is 2.97. The quantitative estimate of drug-likeness (QED) is 0.707. The number of carbonyl (C=O) groups is 1. The van der Waals surface area contributed by atoms with Gasteiger partial charge in [-0.05, 0) is 66.1 Å². The molecule has 0 saturated heterocycles. The lowest BCUT2D eigenvalue weighted by molar-refractivity contribution is -0.138. The van der Waals surface area contributed by atoms with Crippen molar-refractivity contribution in [1.29, 1.82) is 0 Å². The second-order valence-electron chi connectivity index (χ2n) is 7.13. The molecule has 0 heterocycles. The number of sulfonamides is 1. The van der Waals surface area contributed by atoms with E-state index < -0.39 is 21.9 Å². The van der Waals surface area contributed by atoms with Crippen LogP contribution in [0.25, 0.3) is 0 Å². The normalized spacial score (nSPS) is 17.1. The maximum absolute atomic E-state index is 12.5. The van der Waals surface area contributed by atoms with Crippen molar-refractivity contribution in [1.82, 2.24) is 4.72 Å². The van der Waals surface area contributed by atoms with Crippen LogP contribution in [0.5, 0.6) is 5.75 Å². The summed E-state index contributed by atoms with van der Waals surface area (Å²) in [4.78, 5) is 11.6. The third-order valence-electron chi connectivity index (χ3n) is 5.29. The van der Waals surface area contributed by atoms with E-state index in [1.165, 1.54) is 19.2 Å². The van der Waals surface area contributed by atoms with E-state index in [2.05, 4.69) is 4.72 Å². The second-order valence-corrected chi connectivity index (χ2v) is 8.90. The van der Waals surface area contributed by atoms with Crippen molar-refractivity contribution in [2.24, 2.45) is 5.92 Å². The summed E-state index contributed by atoms with van der Waals surface area (Å²) in [6.45, 7) is 2.21. The van der Waals surface area contributed by atoms with Gasteiger partial charge in [-0.3, -0.25) is 4.79 Å². The summed E-state index contributed by atoms with van der Waals surface area (Å²) in [5, 5.41) is 9.36. The van der Waals surface area contributed by atoms with Crippen LogP contribution in [-0.4, -0.2) is 33.1 Å². The molecule has 2 unspecified atom stereocenters. The summed E-state index contributed by atoms with van der Waals surface area (Å²) in [5.41, 5.74) is 3.09. The number of methoxy groups -OCH3 is 1. The van der Waals surface area contributed by atoms with E-state index >= 15 is 0 Å². The molecule has 2 aromatic carbocycles. The van der Waals surface area contributed by atoms with Gasteiger partial charge in [0.15, 0.2) is 0 Å². The fraction of sp³-hybridized carbons (Fsp3) is 0.381. The molecule has 150 valence electrons. The summed E-state index contributed by atoms with van der Waals surface area (Å²) >= 11 is 0. The van der Waals surface area contributed by atoms with Crippen molar-refractivity contribution >= 4 is 16.0 Å². The number of fused-ring (bicyclic) bond motifs is 1. The van der Waals surface area contributed by atoms with E-state index in [4.69, 9.17) is 4.74 Å². The predicted molar refractivity (Wildman–Crippen MR) is 106 cm³/mol. The van der Waals surface area contributed by atoms with E-state index in [0.29, 0.717) is 18.7 Å². The molecular weight excluding hydrogens is 378 g/mol. The minimum absolute atomic E-state index is 0.156. The Morgan fingerprint density at radius 1 is 1.18 bits per heavy atom. The monoisotopic (exact) mass is 403 g/mol. The molecule has 2 N–H and O–H groups in total. The molecule has 2 atom stereocenters. The van der Waals surface area contributed by atoms with Crippen LogP contribution >= 0.6 is 0 Å². The van der Waals surface area contributed by atoms with Gasteiger partial charge in [0, 0.05) is 6.54 Å². The number of hydrogen-bond donors (Lipinski definition) is 2. The van der Waals surface area contributed by atoms with Crippen molar-refractivity contribution in [2.75, 3.05) is 13.7 Å². The first-order chi connectivity index (χ1) is 13.3. The average Bonchev–Trinajstić information content (AvgIpc) is 3.09. The SMILES string of the molecule is CCC(C(=O)O)c1ccc2c(c1)CC(CNS(=O)(=O)c1ccc(OC)cc1)C2. The lowest BCUT2D eigenvalue weighted by Crippen LogP contribution is -2.29. The minimum atomic E-state index is -3.58. The number of ether oxygens (including phenoxy) is 1. The van der Waals surface area contributed by atoms with Crippen LogP contribution in [0, 0.1) is 5.92 Å². The van der Waals surface area contributed by atoms with Crippen LogP contribution in [0.4, 0.5) is 0 Å². The Balaban J connectivity index is 1.65. The third-order valence-corrected chi connectivity index (χ3v) is 6.73. The lowest BCUT2D eigenvalue weighted by atomic mass is 9.94. The number of aliphatic carboxylic acids is 1. The number of hydrogen-bond acceptors (Lipinski definition) is 4. The summed E-state index contributed by atoms with van der Waals surface area (Å²) in [6.07, 6.45) is 2.06. The van der Waals surface area contributed by atoms with Crippen molar-refractivity contribution in [3.05, 3.63) is 59.2 Å². The number of carboxylic acids is 1. The van der Waals surface area contributed by atoms with Gasteiger partial charge in [-0.2, -0.15) is 0 Å². The molecular formula is C21H25NO5S. The Labute approximate surface area is 165 Å². The standard InChI is InChI=1S/C21H25NO5S/c1-3-20(21(23)24)16-5-4-15-10-14(11-17(15)12-16)13-22-28(25,26)19-8-6-18(27-2)7-9-19/h4-9,12,14,20,22H,3,10-11,13H2,1-2H3,(H,23,24). The topological polar surface area (TPSA) is 92.7 Å². The molecule has 0 amide bonds. The fourth-order valence-corrected chi connectivity index (χ4v) is 4.83. The first kappa shape index (κ1) is 20.4. The molecule has 0 fully saturated rings. The van der Waals surface area contributed by atoms with E-state index in [0.717, 1.165) is 29.5 Å². The van der Waals surface area contributed by atoms with Gasteiger partial charge in [-0.1, -0.05) is 25.1 Å². The van der Waals surface area contributed by atoms with E-state index in [1.807, 2.05) is 25.1 Å². The van der Waals surface area contributed by atoms with Gasteiger partial charge in [0.25, 0.3) is 0 Å². The summed E-state index contributed by atoms with van der Waals surface area (Å²) in [6, 6.07) is 12.1. The van der Waals surface area contributed by atoms with Crippen LogP contribution in [-0.2, 0) is 27.7 Å². The molecule has 2 aromatic rings. The average molecular weight is 404 g/mol. The Hall–Kier alpha value is -2.38. The maximum Gasteiger partial charge on any atom is 0.310 e. The highest BCUT2D eigenvalue weighted by atomic mass is 32.2. The molecule has 1 aliphatic carbocycles. The van der Waals surface area contributed by atoms with E-state index in [9.17, 15) is 18.3 Å². The van der Waals surface area contributed by atoms with Gasteiger partial charge in [0.1, 0.15) is 5.75 Å². The number of nitrogens with one attached hydrogen (secondary N) is 1. The third kappa shape index (κ3) is 4.36. The Kier molecular flexibility index (Phi) is 6.05. The zero-order valence-electron chi connectivity index (χ0n) is 16.0. The molecule has 3 rings (SSSR count). The van der Waals surface area contributed by atoms with Crippen LogP contribution in [0.1, 0.15) is 36.0 Å². The Morgan fingerprint density at radius 3 is 2.46 bits per heavy atom. The second kappa shape index (κ2) is 8.32. The highest BCUT2D eigenvalue weighted by molar-refractivity contribution is 7.89. The van der Waals surface area contributed by atoms with E-state index in [1.54, 1.807) is 12.1 Å².